The number of rotatable bonds is 5. The van der Waals surface area contributed by atoms with Gasteiger partial charge in [0, 0.05) is 44.2 Å². The van der Waals surface area contributed by atoms with Crippen LogP contribution in [0.3, 0.4) is 0 Å². The second-order valence-corrected chi connectivity index (χ2v) is 17.1. The van der Waals surface area contributed by atoms with Crippen LogP contribution in [0.2, 0.25) is 0 Å². The van der Waals surface area contributed by atoms with Crippen LogP contribution in [-0.2, 0) is 5.41 Å². The Bertz CT molecular complexity index is 3790. The Hall–Kier alpha value is -8.40. The molecule has 0 amide bonds. The molecule has 0 aliphatic heterocycles. The van der Waals surface area contributed by atoms with E-state index in [-0.39, 0.29) is 0 Å². The molecule has 298 valence electrons. The smallest absolute Gasteiger partial charge is 0.160 e. The summed E-state index contributed by atoms with van der Waals surface area (Å²) in [6.07, 6.45) is 0. The zero-order valence-electron chi connectivity index (χ0n) is 34.7. The summed E-state index contributed by atoms with van der Waals surface area (Å²) in [5.41, 5.74) is 20.7. The van der Waals surface area contributed by atoms with Crippen molar-refractivity contribution < 1.29 is 4.42 Å². The highest BCUT2D eigenvalue weighted by atomic mass is 16.3. The molecule has 3 nitrogen and oxygen atoms in total. The molecule has 2 aromatic heterocycles. The molecule has 2 aliphatic rings. The van der Waals surface area contributed by atoms with E-state index >= 15 is 0 Å². The van der Waals surface area contributed by atoms with E-state index in [1.807, 2.05) is 6.07 Å². The third-order valence-electron chi connectivity index (χ3n) is 14.0. The maximum Gasteiger partial charge on any atom is 0.160 e. The quantitative estimate of drug-likeness (QED) is 0.173. The molecule has 64 heavy (non-hydrogen) atoms. The van der Waals surface area contributed by atoms with Gasteiger partial charge in [0.25, 0.3) is 0 Å². The molecule has 0 unspecified atom stereocenters. The van der Waals surface area contributed by atoms with Gasteiger partial charge in [0.15, 0.2) is 5.58 Å². The van der Waals surface area contributed by atoms with E-state index in [1.54, 1.807) is 0 Å². The van der Waals surface area contributed by atoms with Gasteiger partial charge >= 0.3 is 0 Å². The summed E-state index contributed by atoms with van der Waals surface area (Å²) in [5.74, 6) is 0. The predicted octanol–water partition coefficient (Wildman–Crippen LogP) is 16.2. The normalized spacial score (nSPS) is 13.1. The maximum atomic E-state index is 6.77. The van der Waals surface area contributed by atoms with Gasteiger partial charge in [-0.15, -0.1) is 0 Å². The lowest BCUT2D eigenvalue weighted by atomic mass is 9.70. The largest absolute Gasteiger partial charge is 0.454 e. The number of hydrogen-bond donors (Lipinski definition) is 0. The monoisotopic (exact) mass is 814 g/mol. The van der Waals surface area contributed by atoms with Gasteiger partial charge < -0.3 is 13.9 Å². The summed E-state index contributed by atoms with van der Waals surface area (Å²) in [4.78, 5) is 2.49. The first-order valence-electron chi connectivity index (χ1n) is 22.1. The van der Waals surface area contributed by atoms with Gasteiger partial charge in [-0.25, -0.2) is 0 Å². The van der Waals surface area contributed by atoms with Crippen LogP contribution in [0.25, 0.3) is 82.8 Å². The minimum absolute atomic E-state index is 0.459. The van der Waals surface area contributed by atoms with Crippen LogP contribution < -0.4 is 4.90 Å². The van der Waals surface area contributed by atoms with Crippen LogP contribution in [0, 0.1) is 0 Å². The first kappa shape index (κ1) is 35.2. The van der Waals surface area contributed by atoms with Crippen molar-refractivity contribution in [2.45, 2.75) is 5.41 Å². The Labute approximate surface area is 370 Å². The number of benzene rings is 10. The number of anilines is 3. The van der Waals surface area contributed by atoms with Crippen molar-refractivity contribution in [3.8, 4) is 39.1 Å². The van der Waals surface area contributed by atoms with E-state index in [1.165, 1.54) is 61.0 Å². The van der Waals surface area contributed by atoms with E-state index in [0.29, 0.717) is 0 Å². The standard InChI is InChI=1S/C61H38N2O/c1-3-16-39(17-4-1)40-30-32-42(33-31-40)62(55-28-15-27-54-58(55)50-23-9-13-26-53(50)61(54)51-24-11-7-20-44(51)45-21-8-12-25-52(45)61)43-34-35-46-48-36-37-49-47-22-10-14-29-57(47)64-60(49)59(48)63(56(46)38-43)41-18-5-2-6-19-41/h1-38H. The first-order valence-corrected chi connectivity index (χ1v) is 22.1. The van der Waals surface area contributed by atoms with Crippen LogP contribution in [0.1, 0.15) is 22.3 Å². The Morgan fingerprint density at radius 3 is 1.70 bits per heavy atom. The number of nitrogens with zero attached hydrogens (tertiary/aromatic N) is 2. The Balaban J connectivity index is 1.07. The van der Waals surface area contributed by atoms with Gasteiger partial charge in [-0.2, -0.15) is 0 Å². The molecule has 1 spiro atoms. The molecule has 2 heterocycles. The van der Waals surface area contributed by atoms with Crippen LogP contribution in [0.15, 0.2) is 235 Å². The fraction of sp³-hybridized carbons (Fsp3) is 0.0164. The van der Waals surface area contributed by atoms with Crippen molar-refractivity contribution in [1.29, 1.82) is 0 Å². The van der Waals surface area contributed by atoms with Gasteiger partial charge in [0.05, 0.1) is 22.1 Å². The fourth-order valence-electron chi connectivity index (χ4n) is 11.4. The number of para-hydroxylation sites is 2. The van der Waals surface area contributed by atoms with Gasteiger partial charge in [-0.3, -0.25) is 0 Å². The molecule has 0 atom stereocenters. The van der Waals surface area contributed by atoms with Crippen molar-refractivity contribution >= 4 is 60.8 Å². The van der Waals surface area contributed by atoms with Crippen molar-refractivity contribution in [2.24, 2.45) is 0 Å². The summed E-state index contributed by atoms with van der Waals surface area (Å²) in [7, 11) is 0. The molecule has 0 N–H and O–H groups in total. The van der Waals surface area contributed by atoms with E-state index in [2.05, 4.69) is 234 Å². The highest BCUT2D eigenvalue weighted by molar-refractivity contribution is 6.22. The summed E-state index contributed by atoms with van der Waals surface area (Å²) in [6.45, 7) is 0. The molecule has 0 saturated carbocycles. The van der Waals surface area contributed by atoms with Gasteiger partial charge in [0.1, 0.15) is 5.58 Å². The topological polar surface area (TPSA) is 21.3 Å². The molecule has 3 heteroatoms. The predicted molar refractivity (Wildman–Crippen MR) is 264 cm³/mol. The second-order valence-electron chi connectivity index (χ2n) is 17.1. The summed E-state index contributed by atoms with van der Waals surface area (Å²) >= 11 is 0. The van der Waals surface area contributed by atoms with Crippen molar-refractivity contribution in [3.05, 3.63) is 253 Å². The molecular weight excluding hydrogens is 777 g/mol. The SMILES string of the molecule is c1ccc(-c2ccc(N(c3ccc4c5ccc6c7ccccc7oc6c5n(-c5ccccc5)c4c3)c3cccc4c3-c3ccccc3C43c4ccccc4-c4ccccc43)cc2)cc1. The Kier molecular flexibility index (Phi) is 7.32. The average Bonchev–Trinajstić information content (AvgIpc) is 4.09. The average molecular weight is 815 g/mol. The highest BCUT2D eigenvalue weighted by Gasteiger charge is 2.52. The van der Waals surface area contributed by atoms with Gasteiger partial charge in [-0.05, 0) is 105 Å². The minimum atomic E-state index is -0.459. The van der Waals surface area contributed by atoms with Crippen molar-refractivity contribution in [3.63, 3.8) is 0 Å². The lowest BCUT2D eigenvalue weighted by molar-refractivity contribution is 0.671. The molecule has 2 aliphatic carbocycles. The zero-order valence-corrected chi connectivity index (χ0v) is 34.7. The molecule has 10 aromatic carbocycles. The minimum Gasteiger partial charge on any atom is -0.454 e. The van der Waals surface area contributed by atoms with Gasteiger partial charge in [-0.1, -0.05) is 176 Å². The molecule has 0 bridgehead atoms. The number of aromatic nitrogens is 1. The third-order valence-corrected chi connectivity index (χ3v) is 14.0. The van der Waals surface area contributed by atoms with Crippen LogP contribution >= 0.6 is 0 Å². The lowest BCUT2D eigenvalue weighted by Crippen LogP contribution is -2.26. The van der Waals surface area contributed by atoms with Crippen LogP contribution in [0.5, 0.6) is 0 Å². The maximum absolute atomic E-state index is 6.77. The number of furan rings is 1. The van der Waals surface area contributed by atoms with Crippen molar-refractivity contribution in [2.75, 3.05) is 4.90 Å². The molecular formula is C61H38N2O. The Morgan fingerprint density at radius 1 is 0.391 bits per heavy atom. The molecule has 0 fully saturated rings. The van der Waals surface area contributed by atoms with E-state index < -0.39 is 5.41 Å². The summed E-state index contributed by atoms with van der Waals surface area (Å²) < 4.78 is 9.17. The van der Waals surface area contributed by atoms with Crippen molar-refractivity contribution in [1.82, 2.24) is 4.57 Å². The molecule has 0 radical (unpaired) electrons. The molecule has 0 saturated heterocycles. The second kappa shape index (κ2) is 13.3. The summed E-state index contributed by atoms with van der Waals surface area (Å²) in [6, 6.07) is 84.5. The molecule has 14 rings (SSSR count). The first-order chi connectivity index (χ1) is 31.8. The van der Waals surface area contributed by atoms with Crippen LogP contribution in [0.4, 0.5) is 17.1 Å². The van der Waals surface area contributed by atoms with E-state index in [4.69, 9.17) is 4.42 Å². The van der Waals surface area contributed by atoms with E-state index in [9.17, 15) is 0 Å². The molecule has 12 aromatic rings. The summed E-state index contributed by atoms with van der Waals surface area (Å²) in [5, 5.41) is 4.57. The highest BCUT2D eigenvalue weighted by Crippen LogP contribution is 2.64. The van der Waals surface area contributed by atoms with E-state index in [0.717, 1.165) is 61.1 Å². The van der Waals surface area contributed by atoms with Gasteiger partial charge in [0.2, 0.25) is 0 Å². The Morgan fingerprint density at radius 2 is 0.953 bits per heavy atom. The fourth-order valence-corrected chi connectivity index (χ4v) is 11.4. The number of hydrogen-bond acceptors (Lipinski definition) is 2. The van der Waals surface area contributed by atoms with Crippen LogP contribution in [-0.4, -0.2) is 4.57 Å². The number of fused-ring (bicyclic) bond motifs is 17. The third kappa shape index (κ3) is 4.70. The zero-order chi connectivity index (χ0) is 41.9. The lowest BCUT2D eigenvalue weighted by Gasteiger charge is -2.32.